The smallest absolute Gasteiger partial charge is 0.191 e. The predicted molar refractivity (Wildman–Crippen MR) is 140 cm³/mol. The summed E-state index contributed by atoms with van der Waals surface area (Å²) in [5, 5.41) is 9.19. The highest BCUT2D eigenvalue weighted by atomic mass is 127. The second kappa shape index (κ2) is 12.6. The summed E-state index contributed by atoms with van der Waals surface area (Å²) in [5.74, 6) is 1.70. The van der Waals surface area contributed by atoms with E-state index in [0.717, 1.165) is 51.1 Å². The summed E-state index contributed by atoms with van der Waals surface area (Å²) < 4.78 is 10.9. The number of guanidine groups is 1. The van der Waals surface area contributed by atoms with Crippen molar-refractivity contribution in [2.75, 3.05) is 53.6 Å². The molecule has 1 saturated heterocycles. The molecule has 0 saturated carbocycles. The normalized spacial score (nSPS) is 16.3. The third-order valence-corrected chi connectivity index (χ3v) is 6.57. The van der Waals surface area contributed by atoms with Gasteiger partial charge < -0.3 is 20.1 Å². The molecule has 8 heteroatoms. The summed E-state index contributed by atoms with van der Waals surface area (Å²) in [6.07, 6.45) is 0. The van der Waals surface area contributed by atoms with E-state index in [1.807, 2.05) is 30.5 Å². The highest BCUT2D eigenvalue weighted by Crippen LogP contribution is 2.27. The Kier molecular flexibility index (Phi) is 10.5. The molecular formula is C23H35IN4O2S. The average molecular weight is 559 g/mol. The Morgan fingerprint density at radius 1 is 1.23 bits per heavy atom. The van der Waals surface area contributed by atoms with Crippen molar-refractivity contribution in [3.63, 3.8) is 0 Å². The van der Waals surface area contributed by atoms with Crippen LogP contribution in [0.15, 0.2) is 46.8 Å². The molecular weight excluding hydrogens is 523 g/mol. The molecule has 3 rings (SSSR count). The van der Waals surface area contributed by atoms with Crippen LogP contribution in [0.1, 0.15) is 30.3 Å². The minimum absolute atomic E-state index is 0. The van der Waals surface area contributed by atoms with Crippen LogP contribution >= 0.6 is 35.3 Å². The van der Waals surface area contributed by atoms with Crippen molar-refractivity contribution in [3.8, 4) is 5.75 Å². The van der Waals surface area contributed by atoms with Crippen molar-refractivity contribution in [1.29, 1.82) is 0 Å². The fraction of sp³-hybridized carbons (Fsp3) is 0.522. The molecule has 1 aromatic heterocycles. The van der Waals surface area contributed by atoms with Gasteiger partial charge in [0, 0.05) is 43.5 Å². The zero-order valence-electron chi connectivity index (χ0n) is 18.9. The van der Waals surface area contributed by atoms with E-state index >= 15 is 0 Å². The fourth-order valence-electron chi connectivity index (χ4n) is 3.64. The molecule has 2 N–H and O–H groups in total. The summed E-state index contributed by atoms with van der Waals surface area (Å²) in [6.45, 7) is 9.53. The molecule has 2 aromatic rings. The largest absolute Gasteiger partial charge is 0.497 e. The molecule has 0 aliphatic carbocycles. The van der Waals surface area contributed by atoms with Crippen molar-refractivity contribution >= 4 is 41.3 Å². The molecule has 1 unspecified atom stereocenters. The summed E-state index contributed by atoms with van der Waals surface area (Å²) in [6, 6.07) is 12.9. The van der Waals surface area contributed by atoms with E-state index in [2.05, 4.69) is 64.0 Å². The summed E-state index contributed by atoms with van der Waals surface area (Å²) in [7, 11) is 3.53. The van der Waals surface area contributed by atoms with Crippen LogP contribution in [0.3, 0.4) is 0 Å². The quantitative estimate of drug-likeness (QED) is 0.293. The Bertz CT molecular complexity index is 808. The highest BCUT2D eigenvalue weighted by molar-refractivity contribution is 14.0. The highest BCUT2D eigenvalue weighted by Gasteiger charge is 2.25. The number of hydrogen-bond donors (Lipinski definition) is 2. The van der Waals surface area contributed by atoms with E-state index in [1.54, 1.807) is 7.11 Å². The molecule has 1 aromatic carbocycles. The summed E-state index contributed by atoms with van der Waals surface area (Å²) >= 11 is 1.81. The molecule has 0 spiro atoms. The van der Waals surface area contributed by atoms with Crippen LogP contribution in [0.5, 0.6) is 5.75 Å². The first-order valence-corrected chi connectivity index (χ1v) is 11.4. The Hall–Kier alpha value is -1.36. The molecule has 172 valence electrons. The van der Waals surface area contributed by atoms with Gasteiger partial charge in [-0.3, -0.25) is 9.89 Å². The van der Waals surface area contributed by atoms with Gasteiger partial charge in [0.2, 0.25) is 0 Å². The van der Waals surface area contributed by atoms with Crippen LogP contribution < -0.4 is 15.4 Å². The van der Waals surface area contributed by atoms with E-state index in [1.165, 1.54) is 10.4 Å². The van der Waals surface area contributed by atoms with Crippen molar-refractivity contribution in [1.82, 2.24) is 15.5 Å². The van der Waals surface area contributed by atoms with Crippen LogP contribution in [0.25, 0.3) is 0 Å². The molecule has 31 heavy (non-hydrogen) atoms. The van der Waals surface area contributed by atoms with Crippen LogP contribution in [-0.4, -0.2) is 64.4 Å². The van der Waals surface area contributed by atoms with Crippen molar-refractivity contribution in [3.05, 3.63) is 52.2 Å². The van der Waals surface area contributed by atoms with Gasteiger partial charge in [-0.15, -0.1) is 35.3 Å². The van der Waals surface area contributed by atoms with Crippen molar-refractivity contribution in [2.24, 2.45) is 4.99 Å². The second-order valence-electron chi connectivity index (χ2n) is 8.10. The molecule has 2 heterocycles. The lowest BCUT2D eigenvalue weighted by Crippen LogP contribution is -2.48. The molecule has 0 radical (unpaired) electrons. The number of halogens is 1. The van der Waals surface area contributed by atoms with Gasteiger partial charge in [-0.1, -0.05) is 32.0 Å². The lowest BCUT2D eigenvalue weighted by Gasteiger charge is -2.34. The number of nitrogens with zero attached hydrogens (tertiary/aromatic N) is 2. The van der Waals surface area contributed by atoms with E-state index in [9.17, 15) is 0 Å². The lowest BCUT2D eigenvalue weighted by atomic mass is 9.84. The Morgan fingerprint density at radius 2 is 2.00 bits per heavy atom. The van der Waals surface area contributed by atoms with Crippen molar-refractivity contribution in [2.45, 2.75) is 25.3 Å². The van der Waals surface area contributed by atoms with Gasteiger partial charge in [-0.25, -0.2) is 0 Å². The first-order valence-electron chi connectivity index (χ1n) is 10.5. The average Bonchev–Trinajstić information content (AvgIpc) is 3.31. The Morgan fingerprint density at radius 3 is 2.65 bits per heavy atom. The van der Waals surface area contributed by atoms with Gasteiger partial charge >= 0.3 is 0 Å². The first kappa shape index (κ1) is 25.9. The lowest BCUT2D eigenvalue weighted by molar-refractivity contribution is 0.0177. The molecule has 1 aliphatic heterocycles. The van der Waals surface area contributed by atoms with Gasteiger partial charge in [-0.05, 0) is 29.1 Å². The fourth-order valence-corrected chi connectivity index (χ4v) is 4.51. The molecule has 6 nitrogen and oxygen atoms in total. The van der Waals surface area contributed by atoms with Crippen LogP contribution in [0.2, 0.25) is 0 Å². The molecule has 1 fully saturated rings. The number of nitrogens with one attached hydrogen (secondary N) is 2. The maximum atomic E-state index is 5.54. The number of benzene rings is 1. The monoisotopic (exact) mass is 558 g/mol. The number of ether oxygens (including phenoxy) is 2. The number of morpholine rings is 1. The Balaban J connectivity index is 0.00000341. The van der Waals surface area contributed by atoms with Crippen LogP contribution in [0, 0.1) is 0 Å². The zero-order chi connectivity index (χ0) is 21.4. The number of thiophene rings is 1. The molecule has 1 aliphatic rings. The topological polar surface area (TPSA) is 58.1 Å². The number of aliphatic imine (C=N–C) groups is 1. The third-order valence-electron chi connectivity index (χ3n) is 5.59. The third kappa shape index (κ3) is 7.34. The first-order chi connectivity index (χ1) is 14.5. The summed E-state index contributed by atoms with van der Waals surface area (Å²) in [4.78, 5) is 8.31. The predicted octanol–water partition coefficient (Wildman–Crippen LogP) is 3.89. The molecule has 0 bridgehead atoms. The maximum Gasteiger partial charge on any atom is 0.191 e. The van der Waals surface area contributed by atoms with E-state index in [0.29, 0.717) is 6.04 Å². The Labute approximate surface area is 207 Å². The van der Waals surface area contributed by atoms with Gasteiger partial charge in [0.15, 0.2) is 5.96 Å². The number of hydrogen-bond acceptors (Lipinski definition) is 5. The van der Waals surface area contributed by atoms with Gasteiger partial charge in [0.25, 0.3) is 0 Å². The van der Waals surface area contributed by atoms with Crippen LogP contribution in [-0.2, 0) is 10.2 Å². The van der Waals surface area contributed by atoms with Crippen molar-refractivity contribution < 1.29 is 9.47 Å². The SMILES string of the molecule is CN=C(NCC(c1cccs1)N1CCOCC1)NCC(C)(C)c1cccc(OC)c1.I. The molecule has 1 atom stereocenters. The zero-order valence-corrected chi connectivity index (χ0v) is 22.0. The standard InChI is InChI=1S/C23H34N4O2S.HI/c1-23(2,18-7-5-8-19(15-18)28-4)17-26-22(24-3)25-16-20(21-9-6-14-30-21)27-10-12-29-13-11-27;/h5-9,14-15,20H,10-13,16-17H2,1-4H3,(H2,24,25,26);1H. The summed E-state index contributed by atoms with van der Waals surface area (Å²) in [5.41, 5.74) is 1.17. The number of methoxy groups -OCH3 is 1. The van der Waals surface area contributed by atoms with E-state index in [4.69, 9.17) is 9.47 Å². The maximum absolute atomic E-state index is 5.54. The second-order valence-corrected chi connectivity index (χ2v) is 9.08. The van der Waals surface area contributed by atoms with Gasteiger partial charge in [0.1, 0.15) is 5.75 Å². The minimum Gasteiger partial charge on any atom is -0.497 e. The van der Waals surface area contributed by atoms with E-state index in [-0.39, 0.29) is 29.4 Å². The van der Waals surface area contributed by atoms with Gasteiger partial charge in [0.05, 0.1) is 26.4 Å². The number of rotatable bonds is 8. The van der Waals surface area contributed by atoms with Crippen LogP contribution in [0.4, 0.5) is 0 Å². The van der Waals surface area contributed by atoms with Gasteiger partial charge in [-0.2, -0.15) is 0 Å². The minimum atomic E-state index is -0.0660. The van der Waals surface area contributed by atoms with E-state index < -0.39 is 0 Å². The molecule has 0 amide bonds.